The Labute approximate surface area is 121 Å². The molecule has 2 nitrogen and oxygen atoms in total. The van der Waals surface area contributed by atoms with Crippen LogP contribution in [0, 0.1) is 34.5 Å². The maximum Gasteiger partial charge on any atom is 0.165 e. The minimum absolute atomic E-state index is 0.120. The predicted molar refractivity (Wildman–Crippen MR) is 83.9 cm³/mol. The fraction of sp³-hybridized carbons (Fsp3) is 0.333. The summed E-state index contributed by atoms with van der Waals surface area (Å²) in [5, 5.41) is 15.9. The zero-order chi connectivity index (χ0) is 14.7. The first-order chi connectivity index (χ1) is 9.24. The van der Waals surface area contributed by atoms with Crippen LogP contribution in [0.4, 0.5) is 0 Å². The molecule has 0 atom stereocenters. The summed E-state index contributed by atoms with van der Waals surface area (Å²) in [5.41, 5.74) is 5.91. The highest BCUT2D eigenvalue weighted by Gasteiger charge is 2.56. The zero-order valence-corrected chi connectivity index (χ0v) is 12.5. The van der Waals surface area contributed by atoms with E-state index in [1.54, 1.807) is 0 Å². The molecule has 0 heterocycles. The van der Waals surface area contributed by atoms with Gasteiger partial charge in [0.1, 0.15) is 0 Å². The van der Waals surface area contributed by atoms with Crippen LogP contribution >= 0.6 is 0 Å². The highest BCUT2D eigenvalue weighted by atomic mass is 14.5. The third-order valence-corrected chi connectivity index (χ3v) is 4.73. The van der Waals surface area contributed by atoms with Crippen molar-refractivity contribution in [1.29, 1.82) is 10.8 Å². The molecule has 1 saturated carbocycles. The van der Waals surface area contributed by atoms with Crippen molar-refractivity contribution >= 4 is 11.4 Å². The van der Waals surface area contributed by atoms with Crippen LogP contribution in [0.1, 0.15) is 27.7 Å². The van der Waals surface area contributed by atoms with Gasteiger partial charge in [-0.1, -0.05) is 0 Å². The number of fused-ring (bicyclic) bond motifs is 2. The average molecular weight is 264 g/mol. The summed E-state index contributed by atoms with van der Waals surface area (Å²) in [4.78, 5) is 0. The fourth-order valence-corrected chi connectivity index (χ4v) is 3.50. The minimum Gasteiger partial charge on any atom is -0.275 e. The third-order valence-electron chi connectivity index (χ3n) is 4.73. The first kappa shape index (κ1) is 13.0. The molecule has 2 heteroatoms. The van der Waals surface area contributed by atoms with Crippen molar-refractivity contribution in [3.8, 4) is 0 Å². The molecule has 0 aromatic rings. The van der Waals surface area contributed by atoms with Gasteiger partial charge in [0, 0.05) is 0 Å². The van der Waals surface area contributed by atoms with E-state index in [2.05, 4.69) is 39.8 Å². The summed E-state index contributed by atoms with van der Waals surface area (Å²) in [6, 6.07) is 0. The quantitative estimate of drug-likeness (QED) is 0.615. The van der Waals surface area contributed by atoms with Crippen LogP contribution in [0.3, 0.4) is 0 Å². The van der Waals surface area contributed by atoms with Crippen LogP contribution in [-0.2, 0) is 0 Å². The molecule has 100 valence electrons. The molecule has 0 spiro atoms. The van der Waals surface area contributed by atoms with Gasteiger partial charge in [-0.05, 0) is 27.7 Å². The van der Waals surface area contributed by atoms with Gasteiger partial charge in [0.15, 0.2) is 11.4 Å². The average Bonchev–Trinajstić information content (AvgIpc) is 2.36. The van der Waals surface area contributed by atoms with Crippen molar-refractivity contribution in [1.82, 2.24) is 0 Å². The molecular formula is C18H20N2+2. The van der Waals surface area contributed by atoms with Gasteiger partial charge in [-0.15, -0.1) is 0 Å². The standard InChI is InChI=1S/C18H20N2/c1-17(2)13-7-5-12(20)10-16(13)18(3,4)14-8-6-11(19)9-15(14)17/h5-10,19-20H,1-4H3/q+2. The molecule has 3 aliphatic rings. The molecule has 0 amide bonds. The van der Waals surface area contributed by atoms with Crippen molar-refractivity contribution < 1.29 is 0 Å². The second-order valence-electron chi connectivity index (χ2n) is 6.77. The lowest BCUT2D eigenvalue weighted by Gasteiger charge is -2.41. The molecular weight excluding hydrogens is 244 g/mol. The number of rotatable bonds is 0. The molecule has 0 aromatic carbocycles. The molecule has 0 saturated heterocycles. The van der Waals surface area contributed by atoms with Crippen LogP contribution in [0.2, 0.25) is 0 Å². The predicted octanol–water partition coefficient (Wildman–Crippen LogP) is 4.23. The van der Waals surface area contributed by atoms with E-state index < -0.39 is 0 Å². The zero-order valence-electron chi connectivity index (χ0n) is 12.5. The lowest BCUT2D eigenvalue weighted by Crippen LogP contribution is -2.39. The van der Waals surface area contributed by atoms with Crippen molar-refractivity contribution in [2.75, 3.05) is 0 Å². The Bertz CT molecular complexity index is 591. The number of hydrogen-bond acceptors (Lipinski definition) is 2. The number of hydrogen-bond donors (Lipinski definition) is 2. The summed E-state index contributed by atoms with van der Waals surface area (Å²) in [5.74, 6) is 0. The van der Waals surface area contributed by atoms with Gasteiger partial charge < -0.3 is 0 Å². The summed E-state index contributed by atoms with van der Waals surface area (Å²) in [7, 11) is 0. The van der Waals surface area contributed by atoms with Gasteiger partial charge in [0.05, 0.1) is 70.3 Å². The van der Waals surface area contributed by atoms with E-state index in [0.29, 0.717) is 11.4 Å². The third kappa shape index (κ3) is 1.57. The van der Waals surface area contributed by atoms with Crippen LogP contribution < -0.4 is 0 Å². The van der Waals surface area contributed by atoms with Gasteiger partial charge in [0.2, 0.25) is 0 Å². The van der Waals surface area contributed by atoms with Gasteiger partial charge in [0.25, 0.3) is 0 Å². The monoisotopic (exact) mass is 264 g/mol. The Morgan fingerprint density at radius 1 is 0.700 bits per heavy atom. The summed E-state index contributed by atoms with van der Waals surface area (Å²) in [6.45, 7) is 8.85. The second-order valence-corrected chi connectivity index (χ2v) is 6.77. The van der Waals surface area contributed by atoms with Crippen LogP contribution in [0.25, 0.3) is 0 Å². The molecule has 0 radical (unpaired) electrons. The van der Waals surface area contributed by atoms with Crippen molar-refractivity contribution in [2.24, 2.45) is 10.8 Å². The van der Waals surface area contributed by atoms with Gasteiger partial charge >= 0.3 is 0 Å². The van der Waals surface area contributed by atoms with E-state index in [0.717, 1.165) is 0 Å². The first-order valence-electron chi connectivity index (χ1n) is 6.98. The van der Waals surface area contributed by atoms with Gasteiger partial charge in [-0.25, -0.2) is 0 Å². The summed E-state index contributed by atoms with van der Waals surface area (Å²) >= 11 is 0. The Balaban J connectivity index is 2.28. The van der Waals surface area contributed by atoms with Crippen molar-refractivity contribution in [2.45, 2.75) is 27.7 Å². The maximum absolute atomic E-state index is 7.93. The molecule has 0 unspecified atom stereocenters. The molecule has 1 fully saturated rings. The van der Waals surface area contributed by atoms with Crippen LogP contribution in [-0.4, -0.2) is 11.4 Å². The van der Waals surface area contributed by atoms with E-state index in [4.69, 9.17) is 10.8 Å². The Morgan fingerprint density at radius 3 is 1.40 bits per heavy atom. The Morgan fingerprint density at radius 2 is 1.05 bits per heavy atom. The molecule has 3 rings (SSSR count). The van der Waals surface area contributed by atoms with E-state index in [1.807, 2.05) is 25.0 Å². The lowest BCUT2D eigenvalue weighted by molar-refractivity contribution is 0.423. The molecule has 20 heavy (non-hydrogen) atoms. The minimum atomic E-state index is -0.120. The lowest BCUT2D eigenvalue weighted by atomic mass is 9.53. The maximum atomic E-state index is 7.93. The molecule has 0 aromatic heterocycles. The largest absolute Gasteiger partial charge is 0.275 e. The second kappa shape index (κ2) is 3.78. The molecule has 2 N–H and O–H groups in total. The molecule has 3 aliphatic carbocycles. The topological polar surface area (TPSA) is 47.7 Å². The first-order valence-corrected chi connectivity index (χ1v) is 6.98. The SMILES string of the molecule is CC1(C)C2=C[CH+]C(=N)C=C2C(C)(C)C2=C[CH+]C(=N)C=C21. The van der Waals surface area contributed by atoms with Crippen molar-refractivity contribution in [3.05, 3.63) is 59.4 Å². The number of nitrogens with one attached hydrogen (secondary N) is 2. The summed E-state index contributed by atoms with van der Waals surface area (Å²) in [6.07, 6.45) is 11.9. The van der Waals surface area contributed by atoms with E-state index in [9.17, 15) is 0 Å². The smallest absolute Gasteiger partial charge is 0.165 e. The molecule has 0 aliphatic heterocycles. The van der Waals surface area contributed by atoms with E-state index >= 15 is 0 Å². The van der Waals surface area contributed by atoms with Crippen LogP contribution in [0.5, 0.6) is 0 Å². The molecule has 0 bridgehead atoms. The highest BCUT2D eigenvalue weighted by Crippen LogP contribution is 2.59. The Hall–Kier alpha value is -1.96. The highest BCUT2D eigenvalue weighted by molar-refractivity contribution is 6.06. The van der Waals surface area contributed by atoms with Gasteiger partial charge in [-0.2, -0.15) is 0 Å². The van der Waals surface area contributed by atoms with E-state index in [-0.39, 0.29) is 10.8 Å². The fourth-order valence-electron chi connectivity index (χ4n) is 3.50. The van der Waals surface area contributed by atoms with Gasteiger partial charge in [-0.3, -0.25) is 10.8 Å². The Kier molecular flexibility index (Phi) is 2.47. The number of allylic oxidation sites excluding steroid dienone is 8. The van der Waals surface area contributed by atoms with E-state index in [1.165, 1.54) is 22.3 Å². The van der Waals surface area contributed by atoms with Crippen LogP contribution in [0.15, 0.2) is 46.6 Å². The normalized spacial score (nSPS) is 26.0. The van der Waals surface area contributed by atoms with Crippen molar-refractivity contribution in [3.63, 3.8) is 0 Å². The summed E-state index contributed by atoms with van der Waals surface area (Å²) < 4.78 is 0.